The van der Waals surface area contributed by atoms with Crippen LogP contribution in [0.25, 0.3) is 17.5 Å². The molecule has 0 atom stereocenters. The first-order chi connectivity index (χ1) is 13.8. The van der Waals surface area contributed by atoms with E-state index in [4.69, 9.17) is 16.1 Å². The Labute approximate surface area is 170 Å². The number of piperazine rings is 1. The molecule has 0 spiro atoms. The Morgan fingerprint density at radius 2 is 1.75 bits per heavy atom. The number of nitrogens with zero attached hydrogens (tertiary/aromatic N) is 4. The fourth-order valence-electron chi connectivity index (χ4n) is 3.29. The Bertz CT molecular complexity index is 917. The third-order valence-corrected chi connectivity index (χ3v) is 5.08. The first-order valence-corrected chi connectivity index (χ1v) is 9.89. The van der Waals surface area contributed by atoms with Crippen LogP contribution in [0.2, 0.25) is 5.02 Å². The summed E-state index contributed by atoms with van der Waals surface area (Å²) < 4.78 is 5.43. The number of benzene rings is 2. The first-order valence-electron chi connectivity index (χ1n) is 9.51. The fraction of sp³-hybridized carbons (Fsp3) is 0.273. The van der Waals surface area contributed by atoms with Crippen molar-refractivity contribution >= 4 is 17.7 Å². The lowest BCUT2D eigenvalue weighted by atomic mass is 10.2. The van der Waals surface area contributed by atoms with Crippen LogP contribution in [0, 0.1) is 0 Å². The maximum absolute atomic E-state index is 6.04. The Morgan fingerprint density at radius 3 is 2.54 bits per heavy atom. The van der Waals surface area contributed by atoms with Crippen molar-refractivity contribution in [2.45, 2.75) is 6.54 Å². The summed E-state index contributed by atoms with van der Waals surface area (Å²) in [6, 6.07) is 17.9. The third-order valence-electron chi connectivity index (χ3n) is 4.85. The minimum absolute atomic E-state index is 0.585. The summed E-state index contributed by atoms with van der Waals surface area (Å²) in [4.78, 5) is 9.33. The molecule has 0 amide bonds. The van der Waals surface area contributed by atoms with Gasteiger partial charge in [0.1, 0.15) is 0 Å². The highest BCUT2D eigenvalue weighted by Gasteiger charge is 2.18. The summed E-state index contributed by atoms with van der Waals surface area (Å²) in [5.74, 6) is 1.23. The van der Waals surface area contributed by atoms with Crippen molar-refractivity contribution in [2.75, 3.05) is 32.7 Å². The van der Waals surface area contributed by atoms with Crippen LogP contribution in [0.15, 0.2) is 65.2 Å². The Kier molecular flexibility index (Phi) is 6.17. The van der Waals surface area contributed by atoms with E-state index in [1.54, 1.807) is 0 Å². The largest absolute Gasteiger partial charge is 0.338 e. The Balaban J connectivity index is 1.25. The van der Waals surface area contributed by atoms with Crippen LogP contribution in [0.4, 0.5) is 0 Å². The van der Waals surface area contributed by atoms with Gasteiger partial charge in [-0.25, -0.2) is 0 Å². The molecule has 1 saturated heterocycles. The second-order valence-electron chi connectivity index (χ2n) is 6.91. The molecule has 2 aromatic carbocycles. The number of halogens is 1. The molecular weight excluding hydrogens is 372 g/mol. The van der Waals surface area contributed by atoms with Gasteiger partial charge in [0.15, 0.2) is 0 Å². The van der Waals surface area contributed by atoms with Crippen molar-refractivity contribution < 1.29 is 4.52 Å². The molecule has 0 aliphatic carbocycles. The van der Waals surface area contributed by atoms with E-state index in [1.165, 1.54) is 5.56 Å². The van der Waals surface area contributed by atoms with E-state index in [0.717, 1.165) is 38.3 Å². The van der Waals surface area contributed by atoms with Gasteiger partial charge >= 0.3 is 0 Å². The number of hydrogen-bond acceptors (Lipinski definition) is 5. The Hall–Kier alpha value is -2.47. The van der Waals surface area contributed by atoms with Crippen LogP contribution < -0.4 is 0 Å². The molecule has 1 aliphatic rings. The molecule has 5 nitrogen and oxygen atoms in total. The molecular formula is C22H23ClN4O. The molecule has 2 heterocycles. The topological polar surface area (TPSA) is 45.4 Å². The van der Waals surface area contributed by atoms with Gasteiger partial charge in [-0.2, -0.15) is 4.98 Å². The molecule has 0 bridgehead atoms. The molecule has 0 unspecified atom stereocenters. The number of hydrogen-bond donors (Lipinski definition) is 0. The lowest BCUT2D eigenvalue weighted by Gasteiger charge is -2.33. The summed E-state index contributed by atoms with van der Waals surface area (Å²) in [6.45, 7) is 5.72. The van der Waals surface area contributed by atoms with E-state index in [9.17, 15) is 0 Å². The molecule has 144 valence electrons. The van der Waals surface area contributed by atoms with E-state index in [2.05, 4.69) is 56.4 Å². The van der Waals surface area contributed by atoms with Gasteiger partial charge in [-0.1, -0.05) is 71.4 Å². The molecule has 1 aromatic heterocycles. The summed E-state index contributed by atoms with van der Waals surface area (Å²) in [5.41, 5.74) is 2.12. The van der Waals surface area contributed by atoms with Gasteiger partial charge in [0.2, 0.25) is 11.7 Å². The average Bonchev–Trinajstić information content (AvgIpc) is 3.19. The van der Waals surface area contributed by atoms with E-state index < -0.39 is 0 Å². The van der Waals surface area contributed by atoms with Crippen molar-refractivity contribution in [3.63, 3.8) is 0 Å². The lowest BCUT2D eigenvalue weighted by molar-refractivity contribution is 0.125. The SMILES string of the molecule is Clc1cccc(-c2noc(CN3CCN(C/C=C/c4ccccc4)CC3)n2)c1. The normalized spacial score (nSPS) is 16.0. The maximum Gasteiger partial charge on any atom is 0.241 e. The quantitative estimate of drug-likeness (QED) is 0.626. The molecule has 4 rings (SSSR count). The summed E-state index contributed by atoms with van der Waals surface area (Å²) in [6.07, 6.45) is 4.42. The molecule has 1 aliphatic heterocycles. The van der Waals surface area contributed by atoms with Gasteiger partial charge in [-0.15, -0.1) is 0 Å². The zero-order chi connectivity index (χ0) is 19.2. The van der Waals surface area contributed by atoms with Gasteiger partial charge in [0, 0.05) is 43.3 Å². The van der Waals surface area contributed by atoms with E-state index in [-0.39, 0.29) is 0 Å². The number of aromatic nitrogens is 2. The van der Waals surface area contributed by atoms with Gasteiger partial charge in [-0.3, -0.25) is 9.80 Å². The zero-order valence-electron chi connectivity index (χ0n) is 15.7. The summed E-state index contributed by atoms with van der Waals surface area (Å²) >= 11 is 6.04. The fourth-order valence-corrected chi connectivity index (χ4v) is 3.48. The van der Waals surface area contributed by atoms with Crippen LogP contribution in [-0.4, -0.2) is 52.7 Å². The van der Waals surface area contributed by atoms with Gasteiger partial charge in [-0.05, 0) is 17.7 Å². The predicted octanol–water partition coefficient (Wildman–Crippen LogP) is 4.22. The minimum atomic E-state index is 0.585. The maximum atomic E-state index is 6.04. The molecule has 1 fully saturated rings. The van der Waals surface area contributed by atoms with Crippen molar-refractivity contribution in [1.29, 1.82) is 0 Å². The van der Waals surface area contributed by atoms with Crippen LogP contribution in [0.3, 0.4) is 0 Å². The standard InChI is InChI=1S/C22H23ClN4O/c23-20-10-4-9-19(16-20)22-24-21(28-25-22)17-27-14-12-26(13-15-27)11-5-8-18-6-2-1-3-7-18/h1-10,16H,11-15,17H2/b8-5+. The van der Waals surface area contributed by atoms with E-state index in [0.29, 0.717) is 23.3 Å². The average molecular weight is 395 g/mol. The Morgan fingerprint density at radius 1 is 0.964 bits per heavy atom. The monoisotopic (exact) mass is 394 g/mol. The van der Waals surface area contributed by atoms with Crippen molar-refractivity contribution in [1.82, 2.24) is 19.9 Å². The number of rotatable bonds is 6. The second-order valence-corrected chi connectivity index (χ2v) is 7.35. The lowest BCUT2D eigenvalue weighted by Crippen LogP contribution is -2.45. The predicted molar refractivity (Wildman–Crippen MR) is 112 cm³/mol. The second kappa shape index (κ2) is 9.15. The molecule has 0 saturated carbocycles. The molecule has 28 heavy (non-hydrogen) atoms. The molecule has 0 N–H and O–H groups in total. The van der Waals surface area contributed by atoms with Crippen molar-refractivity contribution in [3.8, 4) is 11.4 Å². The van der Waals surface area contributed by atoms with Gasteiger partial charge in [0.25, 0.3) is 0 Å². The van der Waals surface area contributed by atoms with Crippen molar-refractivity contribution in [2.24, 2.45) is 0 Å². The van der Waals surface area contributed by atoms with Gasteiger partial charge < -0.3 is 4.52 Å². The highest BCUT2D eigenvalue weighted by molar-refractivity contribution is 6.30. The van der Waals surface area contributed by atoms with Crippen LogP contribution in [0.1, 0.15) is 11.5 Å². The van der Waals surface area contributed by atoms with Gasteiger partial charge in [0.05, 0.1) is 6.54 Å². The zero-order valence-corrected chi connectivity index (χ0v) is 16.4. The summed E-state index contributed by atoms with van der Waals surface area (Å²) in [5, 5.41) is 4.75. The van der Waals surface area contributed by atoms with E-state index in [1.807, 2.05) is 30.3 Å². The minimum Gasteiger partial charge on any atom is -0.338 e. The van der Waals surface area contributed by atoms with Crippen LogP contribution >= 0.6 is 11.6 Å². The highest BCUT2D eigenvalue weighted by atomic mass is 35.5. The smallest absolute Gasteiger partial charge is 0.241 e. The van der Waals surface area contributed by atoms with Crippen LogP contribution in [0.5, 0.6) is 0 Å². The molecule has 6 heteroatoms. The molecule has 0 radical (unpaired) electrons. The van der Waals surface area contributed by atoms with Crippen molar-refractivity contribution in [3.05, 3.63) is 77.2 Å². The third kappa shape index (κ3) is 5.07. The first kappa shape index (κ1) is 18.9. The highest BCUT2D eigenvalue weighted by Crippen LogP contribution is 2.20. The van der Waals surface area contributed by atoms with Crippen LogP contribution in [-0.2, 0) is 6.54 Å². The van der Waals surface area contributed by atoms with E-state index >= 15 is 0 Å². The molecule has 3 aromatic rings. The summed E-state index contributed by atoms with van der Waals surface area (Å²) in [7, 11) is 0.